The van der Waals surface area contributed by atoms with E-state index in [0.29, 0.717) is 0 Å². The average Bonchev–Trinajstić information content (AvgIpc) is 3.05. The van der Waals surface area contributed by atoms with Crippen LogP contribution in [0.15, 0.2) is 36.5 Å². The third kappa shape index (κ3) is 2.15. The molecule has 4 nitrogen and oxygen atoms in total. The van der Waals surface area contributed by atoms with E-state index in [1.165, 1.54) is 0 Å². The first-order chi connectivity index (χ1) is 9.22. The van der Waals surface area contributed by atoms with E-state index in [1.807, 2.05) is 43.5 Å². The molecule has 0 saturated heterocycles. The van der Waals surface area contributed by atoms with Crippen LogP contribution in [0.25, 0.3) is 0 Å². The molecule has 1 heterocycles. The van der Waals surface area contributed by atoms with Crippen molar-refractivity contribution in [2.24, 2.45) is 5.92 Å². The lowest BCUT2D eigenvalue weighted by molar-refractivity contribution is -0.130. The molecule has 0 aliphatic heterocycles. The number of carbonyl (C=O) groups is 1. The van der Waals surface area contributed by atoms with Crippen LogP contribution in [0.1, 0.15) is 27.3 Å². The summed E-state index contributed by atoms with van der Waals surface area (Å²) in [5.74, 6) is -0.258. The van der Waals surface area contributed by atoms with Crippen molar-refractivity contribution in [1.29, 1.82) is 0 Å². The average molecular weight is 274 g/mol. The number of hydrogen-bond acceptors (Lipinski definition) is 4. The van der Waals surface area contributed by atoms with Gasteiger partial charge in [-0.25, -0.2) is 10.5 Å². The van der Waals surface area contributed by atoms with Gasteiger partial charge in [-0.2, -0.15) is 0 Å². The van der Waals surface area contributed by atoms with Crippen LogP contribution in [0.5, 0.6) is 0 Å². The SMILES string of the molecule is Cc1ncc([C@@H]2C(c3ccccc3)[C@H]2C(=O)NO)s1. The Morgan fingerprint density at radius 3 is 2.63 bits per heavy atom. The zero-order valence-electron chi connectivity index (χ0n) is 10.4. The first-order valence-corrected chi connectivity index (χ1v) is 6.95. The van der Waals surface area contributed by atoms with Gasteiger partial charge in [-0.1, -0.05) is 30.3 Å². The molecule has 1 aliphatic rings. The maximum absolute atomic E-state index is 11.8. The molecule has 1 aromatic carbocycles. The standard InChI is InChI=1S/C14H14N2O2S/c1-8-15-7-10(19-8)12-11(13(12)14(17)16-18)9-5-3-2-4-6-9/h2-7,11-13,18H,1H3,(H,16,17)/t11?,12-,13-/m1/s1. The monoisotopic (exact) mass is 274 g/mol. The predicted molar refractivity (Wildman–Crippen MR) is 72.2 cm³/mol. The van der Waals surface area contributed by atoms with Gasteiger partial charge < -0.3 is 0 Å². The molecule has 2 N–H and O–H groups in total. The molecule has 2 aromatic rings. The van der Waals surface area contributed by atoms with Crippen LogP contribution in [0.4, 0.5) is 0 Å². The summed E-state index contributed by atoms with van der Waals surface area (Å²) in [6, 6.07) is 9.94. The quantitative estimate of drug-likeness (QED) is 0.667. The lowest BCUT2D eigenvalue weighted by atomic mass is 10.1. The number of carbonyl (C=O) groups excluding carboxylic acids is 1. The smallest absolute Gasteiger partial charge is 0.247 e. The zero-order chi connectivity index (χ0) is 13.4. The van der Waals surface area contributed by atoms with Gasteiger partial charge in [0, 0.05) is 22.9 Å². The van der Waals surface area contributed by atoms with Crippen molar-refractivity contribution >= 4 is 17.2 Å². The second kappa shape index (κ2) is 4.75. The normalized spacial score (nSPS) is 25.1. The van der Waals surface area contributed by atoms with Crippen molar-refractivity contribution in [2.45, 2.75) is 18.8 Å². The highest BCUT2D eigenvalue weighted by Crippen LogP contribution is 2.61. The summed E-state index contributed by atoms with van der Waals surface area (Å²) in [5.41, 5.74) is 2.91. The second-order valence-corrected chi connectivity index (χ2v) is 6.01. The van der Waals surface area contributed by atoms with E-state index in [9.17, 15) is 4.79 Å². The Morgan fingerprint density at radius 1 is 1.32 bits per heavy atom. The molecule has 19 heavy (non-hydrogen) atoms. The van der Waals surface area contributed by atoms with Crippen molar-refractivity contribution in [1.82, 2.24) is 10.5 Å². The van der Waals surface area contributed by atoms with E-state index in [-0.39, 0.29) is 23.7 Å². The number of nitrogens with zero attached hydrogens (tertiary/aromatic N) is 1. The van der Waals surface area contributed by atoms with E-state index >= 15 is 0 Å². The second-order valence-electron chi connectivity index (χ2n) is 4.75. The number of nitrogens with one attached hydrogen (secondary N) is 1. The number of benzene rings is 1. The number of thiazole rings is 1. The van der Waals surface area contributed by atoms with Crippen molar-refractivity contribution < 1.29 is 10.0 Å². The van der Waals surface area contributed by atoms with Gasteiger partial charge in [-0.05, 0) is 12.5 Å². The maximum atomic E-state index is 11.8. The highest BCUT2D eigenvalue weighted by Gasteiger charge is 2.56. The topological polar surface area (TPSA) is 62.2 Å². The van der Waals surface area contributed by atoms with Gasteiger partial charge in [0.05, 0.1) is 10.9 Å². The van der Waals surface area contributed by atoms with E-state index < -0.39 is 0 Å². The molecular formula is C14H14N2O2S. The molecule has 3 rings (SSSR count). The minimum Gasteiger partial charge on any atom is -0.289 e. The van der Waals surface area contributed by atoms with Gasteiger partial charge in [0.25, 0.3) is 0 Å². The van der Waals surface area contributed by atoms with Gasteiger partial charge in [-0.3, -0.25) is 10.0 Å². The Balaban J connectivity index is 1.92. The van der Waals surface area contributed by atoms with Crippen molar-refractivity contribution in [3.05, 3.63) is 52.0 Å². The predicted octanol–water partition coefficient (Wildman–Crippen LogP) is 2.45. The molecule has 1 saturated carbocycles. The Hall–Kier alpha value is -1.72. The van der Waals surface area contributed by atoms with Crippen LogP contribution in [0, 0.1) is 12.8 Å². The van der Waals surface area contributed by atoms with Crippen LogP contribution in [-0.2, 0) is 4.79 Å². The van der Waals surface area contributed by atoms with Crippen LogP contribution >= 0.6 is 11.3 Å². The summed E-state index contributed by atoms with van der Waals surface area (Å²) < 4.78 is 0. The molecule has 1 aromatic heterocycles. The number of amides is 1. The lowest BCUT2D eigenvalue weighted by Crippen LogP contribution is -2.21. The van der Waals surface area contributed by atoms with E-state index in [1.54, 1.807) is 16.8 Å². The summed E-state index contributed by atoms with van der Waals surface area (Å²) in [6.07, 6.45) is 1.84. The molecule has 1 fully saturated rings. The highest BCUT2D eigenvalue weighted by atomic mass is 32.1. The largest absolute Gasteiger partial charge is 0.289 e. The summed E-state index contributed by atoms with van der Waals surface area (Å²) in [4.78, 5) is 17.1. The molecule has 1 aliphatic carbocycles. The number of rotatable bonds is 3. The van der Waals surface area contributed by atoms with Crippen LogP contribution in [-0.4, -0.2) is 16.1 Å². The van der Waals surface area contributed by atoms with E-state index in [0.717, 1.165) is 15.4 Å². The Kier molecular flexibility index (Phi) is 3.08. The van der Waals surface area contributed by atoms with Crippen LogP contribution in [0.3, 0.4) is 0 Å². The molecule has 1 unspecified atom stereocenters. The molecule has 0 radical (unpaired) electrons. The Labute approximate surface area is 115 Å². The first kappa shape index (κ1) is 12.3. The van der Waals surface area contributed by atoms with Gasteiger partial charge in [-0.15, -0.1) is 11.3 Å². The van der Waals surface area contributed by atoms with Gasteiger partial charge in [0.15, 0.2) is 0 Å². The van der Waals surface area contributed by atoms with Gasteiger partial charge >= 0.3 is 0 Å². The third-order valence-corrected chi connectivity index (χ3v) is 4.60. The van der Waals surface area contributed by atoms with E-state index in [4.69, 9.17) is 5.21 Å². The highest BCUT2D eigenvalue weighted by molar-refractivity contribution is 7.11. The van der Waals surface area contributed by atoms with E-state index in [2.05, 4.69) is 4.98 Å². The maximum Gasteiger partial charge on any atom is 0.247 e. The number of aryl methyl sites for hydroxylation is 1. The fraction of sp³-hybridized carbons (Fsp3) is 0.286. The Bertz CT molecular complexity index is 597. The number of hydrogen-bond donors (Lipinski definition) is 2. The van der Waals surface area contributed by atoms with Gasteiger partial charge in [0.1, 0.15) is 0 Å². The van der Waals surface area contributed by atoms with Crippen LogP contribution < -0.4 is 5.48 Å². The van der Waals surface area contributed by atoms with Gasteiger partial charge in [0.2, 0.25) is 5.91 Å². The molecular weight excluding hydrogens is 260 g/mol. The minimum absolute atomic E-state index is 0.126. The summed E-state index contributed by atoms with van der Waals surface area (Å²) in [5, 5.41) is 9.87. The summed E-state index contributed by atoms with van der Waals surface area (Å²) >= 11 is 1.62. The molecule has 5 heteroatoms. The molecule has 3 atom stereocenters. The van der Waals surface area contributed by atoms with Crippen LogP contribution in [0.2, 0.25) is 0 Å². The molecule has 0 spiro atoms. The fourth-order valence-electron chi connectivity index (χ4n) is 2.69. The third-order valence-electron chi connectivity index (χ3n) is 3.58. The zero-order valence-corrected chi connectivity index (χ0v) is 11.2. The molecule has 0 bridgehead atoms. The van der Waals surface area contributed by atoms with Crippen molar-refractivity contribution in [3.63, 3.8) is 0 Å². The number of aromatic nitrogens is 1. The number of hydroxylamine groups is 1. The minimum atomic E-state index is -0.315. The summed E-state index contributed by atoms with van der Waals surface area (Å²) in [7, 11) is 0. The first-order valence-electron chi connectivity index (χ1n) is 6.13. The summed E-state index contributed by atoms with van der Waals surface area (Å²) in [6.45, 7) is 1.95. The fourth-order valence-corrected chi connectivity index (χ4v) is 3.67. The molecule has 1 amide bonds. The Morgan fingerprint density at radius 2 is 2.05 bits per heavy atom. The molecule has 98 valence electrons. The van der Waals surface area contributed by atoms with Crippen molar-refractivity contribution in [3.8, 4) is 0 Å². The lowest BCUT2D eigenvalue weighted by Gasteiger charge is -1.98. The van der Waals surface area contributed by atoms with Crippen molar-refractivity contribution in [2.75, 3.05) is 0 Å².